The molecule has 1 saturated heterocycles. The van der Waals surface area contributed by atoms with Crippen molar-refractivity contribution in [3.05, 3.63) is 46.9 Å². The van der Waals surface area contributed by atoms with Crippen molar-refractivity contribution in [1.82, 2.24) is 19.6 Å². The molecule has 0 amide bonds. The topological polar surface area (TPSA) is 65.9 Å². The zero-order valence-corrected chi connectivity index (χ0v) is 17.7. The zero-order valence-electron chi connectivity index (χ0n) is 17.7. The molecule has 0 radical (unpaired) electrons. The predicted octanol–water partition coefficient (Wildman–Crippen LogP) is 1.05. The Morgan fingerprint density at radius 1 is 1.10 bits per heavy atom. The minimum Gasteiger partial charge on any atom is -0.495 e. The van der Waals surface area contributed by atoms with Gasteiger partial charge in [0.1, 0.15) is 11.4 Å². The maximum Gasteiger partial charge on any atom is 0.290 e. The van der Waals surface area contributed by atoms with Gasteiger partial charge in [-0.25, -0.2) is 4.68 Å². The number of hydrogen-bond acceptors (Lipinski definition) is 7. The Bertz CT molecular complexity index is 830. The molecule has 1 aliphatic rings. The number of likely N-dealkylation sites (N-methyl/N-ethyl adjacent to an activating group) is 1. The molecule has 8 nitrogen and oxygen atoms in total. The molecule has 0 unspecified atom stereocenters. The first kappa shape index (κ1) is 21.1. The van der Waals surface area contributed by atoms with Gasteiger partial charge in [-0.15, -0.1) is 0 Å². The molecule has 1 fully saturated rings. The monoisotopic (exact) mass is 400 g/mol. The lowest BCUT2D eigenvalue weighted by atomic mass is 10.2. The van der Waals surface area contributed by atoms with E-state index in [0.29, 0.717) is 12.2 Å². The number of nitrogens with zero attached hydrogens (tertiary/aromatic N) is 5. The van der Waals surface area contributed by atoms with Crippen molar-refractivity contribution in [3.8, 4) is 5.75 Å². The highest BCUT2D eigenvalue weighted by molar-refractivity contribution is 5.58. The summed E-state index contributed by atoms with van der Waals surface area (Å²) in [7, 11) is 5.69. The van der Waals surface area contributed by atoms with Gasteiger partial charge in [0.15, 0.2) is 0 Å². The summed E-state index contributed by atoms with van der Waals surface area (Å²) in [6, 6.07) is 9.92. The molecule has 3 rings (SSSR count). The highest BCUT2D eigenvalue weighted by Gasteiger charge is 2.19. The molecule has 2 heterocycles. The molecular weight excluding hydrogens is 368 g/mol. The van der Waals surface area contributed by atoms with Crippen molar-refractivity contribution < 1.29 is 4.74 Å². The number of anilines is 2. The van der Waals surface area contributed by atoms with Crippen LogP contribution in [0.4, 0.5) is 11.4 Å². The number of para-hydroxylation sites is 2. The predicted molar refractivity (Wildman–Crippen MR) is 117 cm³/mol. The number of hydrogen-bond donors (Lipinski definition) is 1. The molecule has 1 N–H and O–H groups in total. The van der Waals surface area contributed by atoms with Crippen LogP contribution in [0.3, 0.4) is 0 Å². The van der Waals surface area contributed by atoms with Crippen molar-refractivity contribution in [2.75, 3.05) is 77.2 Å². The highest BCUT2D eigenvalue weighted by atomic mass is 16.5. The molecule has 0 atom stereocenters. The molecule has 0 bridgehead atoms. The molecule has 29 heavy (non-hydrogen) atoms. The average Bonchev–Trinajstić information content (AvgIpc) is 2.74. The van der Waals surface area contributed by atoms with Gasteiger partial charge in [-0.3, -0.25) is 9.69 Å². The van der Waals surface area contributed by atoms with Gasteiger partial charge in [0.05, 0.1) is 19.3 Å². The third-order valence-corrected chi connectivity index (χ3v) is 5.21. The Balaban J connectivity index is 1.47. The lowest BCUT2D eigenvalue weighted by Gasteiger charge is -2.36. The van der Waals surface area contributed by atoms with Crippen LogP contribution in [0.25, 0.3) is 0 Å². The van der Waals surface area contributed by atoms with Crippen LogP contribution < -0.4 is 20.5 Å². The van der Waals surface area contributed by atoms with Gasteiger partial charge >= 0.3 is 0 Å². The van der Waals surface area contributed by atoms with Crippen LogP contribution in [-0.2, 0) is 6.54 Å². The van der Waals surface area contributed by atoms with Crippen LogP contribution >= 0.6 is 0 Å². The highest BCUT2D eigenvalue weighted by Crippen LogP contribution is 2.28. The second-order valence-electron chi connectivity index (χ2n) is 7.50. The summed E-state index contributed by atoms with van der Waals surface area (Å²) >= 11 is 0. The first-order valence-electron chi connectivity index (χ1n) is 10.1. The van der Waals surface area contributed by atoms with Crippen LogP contribution in [0.1, 0.15) is 0 Å². The molecule has 2 aromatic rings. The molecule has 0 saturated carbocycles. The quantitative estimate of drug-likeness (QED) is 0.675. The lowest BCUT2D eigenvalue weighted by molar-refractivity contribution is 0.266. The molecule has 1 aromatic carbocycles. The van der Waals surface area contributed by atoms with Crippen molar-refractivity contribution in [2.45, 2.75) is 6.54 Å². The van der Waals surface area contributed by atoms with Crippen LogP contribution in [0.5, 0.6) is 5.75 Å². The number of aromatic nitrogens is 2. The molecular formula is C21H32N6O2. The van der Waals surface area contributed by atoms with E-state index < -0.39 is 0 Å². The van der Waals surface area contributed by atoms with Crippen LogP contribution in [-0.4, -0.2) is 86.6 Å². The van der Waals surface area contributed by atoms with E-state index in [9.17, 15) is 4.79 Å². The van der Waals surface area contributed by atoms with E-state index in [4.69, 9.17) is 4.74 Å². The standard InChI is InChI=1S/C21H32N6O2/c1-24(2)12-17-27-21(28)18(8-9-23-27)22-10-11-25-13-15-26(16-14-25)19-6-4-5-7-20(19)29-3/h4-9,22H,10-17H2,1-3H3. The van der Waals surface area contributed by atoms with E-state index in [1.54, 1.807) is 19.4 Å². The second kappa shape index (κ2) is 10.3. The Morgan fingerprint density at radius 3 is 2.59 bits per heavy atom. The van der Waals surface area contributed by atoms with Gasteiger partial charge in [0, 0.05) is 52.0 Å². The summed E-state index contributed by atoms with van der Waals surface area (Å²) in [6.45, 7) is 6.92. The molecule has 1 aliphatic heterocycles. The molecule has 8 heteroatoms. The Labute approximate surface area is 172 Å². The maximum absolute atomic E-state index is 12.5. The summed E-state index contributed by atoms with van der Waals surface area (Å²) in [5.41, 5.74) is 1.71. The lowest BCUT2D eigenvalue weighted by Crippen LogP contribution is -2.47. The third kappa shape index (κ3) is 5.71. The first-order valence-corrected chi connectivity index (χ1v) is 10.1. The van der Waals surface area contributed by atoms with Gasteiger partial charge in [-0.05, 0) is 32.3 Å². The number of benzene rings is 1. The van der Waals surface area contributed by atoms with Crippen molar-refractivity contribution in [2.24, 2.45) is 0 Å². The smallest absolute Gasteiger partial charge is 0.290 e. The summed E-state index contributed by atoms with van der Waals surface area (Å²) in [4.78, 5) is 19.3. The fraction of sp³-hybridized carbons (Fsp3) is 0.524. The molecule has 158 valence electrons. The normalized spacial score (nSPS) is 15.0. The van der Waals surface area contributed by atoms with E-state index in [2.05, 4.69) is 26.3 Å². The van der Waals surface area contributed by atoms with Gasteiger partial charge in [-0.1, -0.05) is 12.1 Å². The van der Waals surface area contributed by atoms with E-state index in [1.807, 2.05) is 37.2 Å². The summed E-state index contributed by atoms with van der Waals surface area (Å²) in [6.07, 6.45) is 1.69. The molecule has 0 aliphatic carbocycles. The average molecular weight is 401 g/mol. The van der Waals surface area contributed by atoms with Crippen LogP contribution in [0, 0.1) is 0 Å². The minimum atomic E-state index is -0.0599. The Kier molecular flexibility index (Phi) is 7.48. The summed E-state index contributed by atoms with van der Waals surface area (Å²) in [5, 5.41) is 7.46. The number of methoxy groups -OCH3 is 1. The zero-order chi connectivity index (χ0) is 20.6. The van der Waals surface area contributed by atoms with Crippen molar-refractivity contribution in [1.29, 1.82) is 0 Å². The number of piperazine rings is 1. The summed E-state index contributed by atoms with van der Waals surface area (Å²) < 4.78 is 7.01. The third-order valence-electron chi connectivity index (χ3n) is 5.21. The Hall–Kier alpha value is -2.58. The van der Waals surface area contributed by atoms with E-state index in [0.717, 1.165) is 57.3 Å². The SMILES string of the molecule is COc1ccccc1N1CCN(CCNc2ccnn(CCN(C)C)c2=O)CC1. The molecule has 0 spiro atoms. The van der Waals surface area contributed by atoms with Gasteiger partial charge in [-0.2, -0.15) is 5.10 Å². The van der Waals surface area contributed by atoms with E-state index in [1.165, 1.54) is 4.68 Å². The van der Waals surface area contributed by atoms with Gasteiger partial charge in [0.2, 0.25) is 0 Å². The number of nitrogens with one attached hydrogen (secondary N) is 1. The number of rotatable bonds is 9. The summed E-state index contributed by atoms with van der Waals surface area (Å²) in [5.74, 6) is 0.922. The van der Waals surface area contributed by atoms with Crippen LogP contribution in [0.15, 0.2) is 41.3 Å². The van der Waals surface area contributed by atoms with E-state index >= 15 is 0 Å². The molecule has 1 aromatic heterocycles. The Morgan fingerprint density at radius 2 is 1.86 bits per heavy atom. The van der Waals surface area contributed by atoms with E-state index in [-0.39, 0.29) is 5.56 Å². The largest absolute Gasteiger partial charge is 0.495 e. The minimum absolute atomic E-state index is 0.0599. The first-order chi connectivity index (χ1) is 14.1. The maximum atomic E-state index is 12.5. The van der Waals surface area contributed by atoms with Crippen molar-refractivity contribution >= 4 is 11.4 Å². The van der Waals surface area contributed by atoms with Crippen molar-refractivity contribution in [3.63, 3.8) is 0 Å². The van der Waals surface area contributed by atoms with Gasteiger partial charge < -0.3 is 19.9 Å². The fourth-order valence-electron chi connectivity index (χ4n) is 3.49. The van der Waals surface area contributed by atoms with Gasteiger partial charge in [0.25, 0.3) is 5.56 Å². The second-order valence-corrected chi connectivity index (χ2v) is 7.50. The fourth-order valence-corrected chi connectivity index (χ4v) is 3.49. The number of ether oxygens (including phenoxy) is 1. The van der Waals surface area contributed by atoms with Crippen LogP contribution in [0.2, 0.25) is 0 Å².